The van der Waals surface area contributed by atoms with Gasteiger partial charge in [-0.25, -0.2) is 4.39 Å². The van der Waals surface area contributed by atoms with Gasteiger partial charge >= 0.3 is 0 Å². The molecule has 1 aromatic carbocycles. The fourth-order valence-corrected chi connectivity index (χ4v) is 1.62. The van der Waals surface area contributed by atoms with Crippen LogP contribution in [0, 0.1) is 5.82 Å². The molecule has 13 heavy (non-hydrogen) atoms. The zero-order valence-electron chi connectivity index (χ0n) is 7.00. The molecule has 2 saturated heterocycles. The molecule has 2 aliphatic heterocycles. The van der Waals surface area contributed by atoms with Crippen LogP contribution in [0.5, 0.6) is 0 Å². The Labute approximate surface area is 75.3 Å². The summed E-state index contributed by atoms with van der Waals surface area (Å²) in [5, 5.41) is 0. The van der Waals surface area contributed by atoms with Crippen molar-refractivity contribution in [2.45, 2.75) is 12.2 Å². The number of epoxide rings is 2. The fourth-order valence-electron chi connectivity index (χ4n) is 1.62. The van der Waals surface area contributed by atoms with E-state index in [2.05, 4.69) is 0 Å². The first kappa shape index (κ1) is 7.47. The standard InChI is InChI=1S/C10H9FO2/c11-7-3-1-2-6(8-4-12-8)10(7)9-5-13-9/h1-3,8-9H,4-5H2. The Hall–Kier alpha value is -0.930. The zero-order valence-corrected chi connectivity index (χ0v) is 7.00. The van der Waals surface area contributed by atoms with E-state index in [0.717, 1.165) is 5.56 Å². The predicted octanol–water partition coefficient (Wildman–Crippen LogP) is 1.97. The summed E-state index contributed by atoms with van der Waals surface area (Å²) in [5.41, 5.74) is 1.66. The van der Waals surface area contributed by atoms with Crippen molar-refractivity contribution in [2.24, 2.45) is 0 Å². The minimum absolute atomic E-state index is 0.0274. The van der Waals surface area contributed by atoms with E-state index in [4.69, 9.17) is 9.47 Å². The molecule has 2 fully saturated rings. The molecule has 2 aliphatic rings. The summed E-state index contributed by atoms with van der Waals surface area (Å²) in [4.78, 5) is 0. The van der Waals surface area contributed by atoms with Gasteiger partial charge in [0.05, 0.1) is 13.2 Å². The molecule has 2 nitrogen and oxygen atoms in total. The number of benzene rings is 1. The number of rotatable bonds is 2. The minimum Gasteiger partial charge on any atom is -0.368 e. The molecule has 1 aromatic rings. The lowest BCUT2D eigenvalue weighted by Crippen LogP contribution is -1.95. The first-order valence-electron chi connectivity index (χ1n) is 4.38. The maximum atomic E-state index is 13.4. The second-order valence-corrected chi connectivity index (χ2v) is 3.39. The van der Waals surface area contributed by atoms with Gasteiger partial charge in [0.2, 0.25) is 0 Å². The van der Waals surface area contributed by atoms with Crippen LogP contribution < -0.4 is 0 Å². The summed E-state index contributed by atoms with van der Waals surface area (Å²) in [7, 11) is 0. The fraction of sp³-hybridized carbons (Fsp3) is 0.400. The van der Waals surface area contributed by atoms with E-state index in [1.54, 1.807) is 6.07 Å². The molecule has 0 radical (unpaired) electrons. The molecule has 2 heterocycles. The van der Waals surface area contributed by atoms with Crippen LogP contribution in [0.15, 0.2) is 18.2 Å². The molecule has 0 aromatic heterocycles. The predicted molar refractivity (Wildman–Crippen MR) is 43.8 cm³/mol. The molecule has 0 bridgehead atoms. The second-order valence-electron chi connectivity index (χ2n) is 3.39. The largest absolute Gasteiger partial charge is 0.368 e. The Balaban J connectivity index is 2.09. The summed E-state index contributed by atoms with van der Waals surface area (Å²) < 4.78 is 23.6. The molecule has 0 saturated carbocycles. The molecule has 2 unspecified atom stereocenters. The topological polar surface area (TPSA) is 25.1 Å². The van der Waals surface area contributed by atoms with Crippen LogP contribution in [0.25, 0.3) is 0 Å². The Kier molecular flexibility index (Phi) is 1.45. The molecule has 0 aliphatic carbocycles. The highest BCUT2D eigenvalue weighted by Crippen LogP contribution is 2.41. The average molecular weight is 180 g/mol. The maximum Gasteiger partial charge on any atom is 0.129 e. The molecular weight excluding hydrogens is 171 g/mol. The van der Waals surface area contributed by atoms with Crippen LogP contribution >= 0.6 is 0 Å². The van der Waals surface area contributed by atoms with Crippen molar-refractivity contribution < 1.29 is 13.9 Å². The molecule has 3 rings (SSSR count). The Morgan fingerprint density at radius 3 is 2.46 bits per heavy atom. The number of halogens is 1. The first-order valence-corrected chi connectivity index (χ1v) is 4.38. The van der Waals surface area contributed by atoms with E-state index in [1.807, 2.05) is 6.07 Å². The lowest BCUT2D eigenvalue weighted by Gasteiger charge is -2.04. The lowest BCUT2D eigenvalue weighted by atomic mass is 10.0. The monoisotopic (exact) mass is 180 g/mol. The molecule has 2 atom stereocenters. The third-order valence-corrected chi connectivity index (χ3v) is 2.42. The van der Waals surface area contributed by atoms with Gasteiger partial charge in [-0.15, -0.1) is 0 Å². The molecule has 0 spiro atoms. The van der Waals surface area contributed by atoms with Crippen LogP contribution in [-0.4, -0.2) is 13.2 Å². The summed E-state index contributed by atoms with van der Waals surface area (Å²) in [6.07, 6.45) is 0.0790. The summed E-state index contributed by atoms with van der Waals surface area (Å²) in [6.45, 7) is 1.35. The normalized spacial score (nSPS) is 30.2. The lowest BCUT2D eigenvalue weighted by molar-refractivity contribution is 0.392. The van der Waals surface area contributed by atoms with Crippen molar-refractivity contribution in [3.8, 4) is 0 Å². The van der Waals surface area contributed by atoms with Gasteiger partial charge in [0, 0.05) is 5.56 Å². The highest BCUT2D eigenvalue weighted by atomic mass is 19.1. The number of hydrogen-bond donors (Lipinski definition) is 0. The van der Waals surface area contributed by atoms with Gasteiger partial charge in [-0.3, -0.25) is 0 Å². The highest BCUT2D eigenvalue weighted by molar-refractivity contribution is 5.35. The van der Waals surface area contributed by atoms with Gasteiger partial charge in [-0.2, -0.15) is 0 Å². The number of hydrogen-bond acceptors (Lipinski definition) is 2. The molecule has 0 amide bonds. The second kappa shape index (κ2) is 2.53. The molecule has 0 N–H and O–H groups in total. The first-order chi connectivity index (χ1) is 6.36. The SMILES string of the molecule is Fc1cccc(C2CO2)c1C1CO1. The Morgan fingerprint density at radius 2 is 1.85 bits per heavy atom. The summed E-state index contributed by atoms with van der Waals surface area (Å²) in [6, 6.07) is 5.11. The van der Waals surface area contributed by atoms with Gasteiger partial charge in [0.25, 0.3) is 0 Å². The van der Waals surface area contributed by atoms with Crippen molar-refractivity contribution in [1.82, 2.24) is 0 Å². The van der Waals surface area contributed by atoms with Crippen molar-refractivity contribution in [3.63, 3.8) is 0 Å². The van der Waals surface area contributed by atoms with Gasteiger partial charge in [-0.05, 0) is 11.6 Å². The van der Waals surface area contributed by atoms with Gasteiger partial charge < -0.3 is 9.47 Å². The number of ether oxygens (including phenoxy) is 2. The quantitative estimate of drug-likeness (QED) is 0.650. The third-order valence-electron chi connectivity index (χ3n) is 2.42. The smallest absolute Gasteiger partial charge is 0.129 e. The van der Waals surface area contributed by atoms with Crippen LogP contribution in [0.3, 0.4) is 0 Å². The Bertz CT molecular complexity index is 343. The highest BCUT2D eigenvalue weighted by Gasteiger charge is 2.36. The Morgan fingerprint density at radius 1 is 1.15 bits per heavy atom. The van der Waals surface area contributed by atoms with Crippen molar-refractivity contribution >= 4 is 0 Å². The summed E-state index contributed by atoms with van der Waals surface area (Å²) in [5.74, 6) is -0.171. The maximum absolute atomic E-state index is 13.4. The van der Waals surface area contributed by atoms with Crippen LogP contribution in [0.4, 0.5) is 4.39 Å². The average Bonchev–Trinajstić information content (AvgIpc) is 3.00. The van der Waals surface area contributed by atoms with Crippen molar-refractivity contribution in [3.05, 3.63) is 35.1 Å². The van der Waals surface area contributed by atoms with E-state index in [9.17, 15) is 4.39 Å². The van der Waals surface area contributed by atoms with Gasteiger partial charge in [0.15, 0.2) is 0 Å². The van der Waals surface area contributed by atoms with E-state index in [1.165, 1.54) is 6.07 Å². The zero-order chi connectivity index (χ0) is 8.84. The van der Waals surface area contributed by atoms with Crippen LogP contribution in [0.2, 0.25) is 0 Å². The van der Waals surface area contributed by atoms with Crippen LogP contribution in [0.1, 0.15) is 23.3 Å². The van der Waals surface area contributed by atoms with E-state index in [-0.39, 0.29) is 18.0 Å². The van der Waals surface area contributed by atoms with Gasteiger partial charge in [-0.1, -0.05) is 12.1 Å². The molecule has 68 valence electrons. The molecular formula is C10H9FO2. The van der Waals surface area contributed by atoms with E-state index >= 15 is 0 Å². The summed E-state index contributed by atoms with van der Waals surface area (Å²) >= 11 is 0. The van der Waals surface area contributed by atoms with Crippen molar-refractivity contribution in [1.29, 1.82) is 0 Å². The van der Waals surface area contributed by atoms with Crippen LogP contribution in [-0.2, 0) is 9.47 Å². The van der Waals surface area contributed by atoms with Gasteiger partial charge in [0.1, 0.15) is 18.0 Å². The molecule has 3 heteroatoms. The minimum atomic E-state index is -0.171. The van der Waals surface area contributed by atoms with E-state index in [0.29, 0.717) is 18.8 Å². The van der Waals surface area contributed by atoms with E-state index < -0.39 is 0 Å². The van der Waals surface area contributed by atoms with Crippen molar-refractivity contribution in [2.75, 3.05) is 13.2 Å². The third kappa shape index (κ3) is 1.24.